The lowest BCUT2D eigenvalue weighted by Crippen LogP contribution is -2.10. The van der Waals surface area contributed by atoms with Gasteiger partial charge in [-0.2, -0.15) is 11.8 Å². The number of hydrogen-bond acceptors (Lipinski definition) is 3. The molecule has 0 N–H and O–H groups in total. The largest absolute Gasteiger partial charge is 0.278 e. The minimum Gasteiger partial charge on any atom is -0.278 e. The second-order valence-electron chi connectivity index (χ2n) is 5.50. The van der Waals surface area contributed by atoms with Crippen molar-refractivity contribution < 1.29 is 4.39 Å². The van der Waals surface area contributed by atoms with E-state index in [0.29, 0.717) is 10.9 Å². The lowest BCUT2D eigenvalue weighted by molar-refractivity contribution is 0.614. The summed E-state index contributed by atoms with van der Waals surface area (Å²) in [5, 5.41) is 0.572. The van der Waals surface area contributed by atoms with Gasteiger partial charge in [-0.25, -0.2) is 14.4 Å². The molecule has 0 spiro atoms. The Balaban J connectivity index is 1.88. The molecule has 0 aliphatic carbocycles. The predicted octanol–water partition coefficient (Wildman–Crippen LogP) is 4.00. The smallest absolute Gasteiger partial charge is 0.164 e. The fourth-order valence-electron chi connectivity index (χ4n) is 2.99. The number of benzene rings is 1. The summed E-state index contributed by atoms with van der Waals surface area (Å²) in [6.45, 7) is 0. The molecule has 1 atom stereocenters. The molecule has 1 aliphatic heterocycles. The lowest BCUT2D eigenvalue weighted by atomic mass is 10.2. The number of pyridine rings is 1. The van der Waals surface area contributed by atoms with Gasteiger partial charge in [-0.05, 0) is 42.9 Å². The maximum atomic E-state index is 14.3. The molecule has 22 heavy (non-hydrogen) atoms. The van der Waals surface area contributed by atoms with Crippen molar-refractivity contribution in [3.8, 4) is 5.69 Å². The summed E-state index contributed by atoms with van der Waals surface area (Å²) in [6, 6.07) is 10.6. The van der Waals surface area contributed by atoms with Crippen molar-refractivity contribution in [2.24, 2.45) is 0 Å². The third kappa shape index (κ3) is 2.39. The van der Waals surface area contributed by atoms with Crippen molar-refractivity contribution in [1.82, 2.24) is 14.5 Å². The van der Waals surface area contributed by atoms with Crippen LogP contribution in [0.15, 0.2) is 42.6 Å². The lowest BCUT2D eigenvalue weighted by Gasteiger charge is -2.12. The van der Waals surface area contributed by atoms with Crippen molar-refractivity contribution in [3.05, 3.63) is 54.2 Å². The van der Waals surface area contributed by atoms with E-state index in [1.54, 1.807) is 18.3 Å². The summed E-state index contributed by atoms with van der Waals surface area (Å²) < 4.78 is 16.2. The molecular formula is C17H16FN3S. The zero-order valence-electron chi connectivity index (χ0n) is 12.1. The second kappa shape index (κ2) is 5.72. The van der Waals surface area contributed by atoms with Gasteiger partial charge in [0, 0.05) is 17.9 Å². The number of hydrogen-bond donors (Lipinski definition) is 0. The number of thioether (sulfide) groups is 1. The van der Waals surface area contributed by atoms with Crippen LogP contribution in [0.2, 0.25) is 0 Å². The van der Waals surface area contributed by atoms with Crippen LogP contribution in [0, 0.1) is 5.82 Å². The highest BCUT2D eigenvalue weighted by atomic mass is 32.2. The van der Waals surface area contributed by atoms with Crippen LogP contribution in [-0.4, -0.2) is 25.5 Å². The first-order valence-electron chi connectivity index (χ1n) is 7.52. The quantitative estimate of drug-likeness (QED) is 0.732. The van der Waals surface area contributed by atoms with E-state index < -0.39 is 0 Å². The van der Waals surface area contributed by atoms with E-state index in [1.165, 1.54) is 24.7 Å². The first-order valence-corrected chi connectivity index (χ1v) is 8.56. The Kier molecular flexibility index (Phi) is 3.58. The van der Waals surface area contributed by atoms with E-state index in [9.17, 15) is 4.39 Å². The topological polar surface area (TPSA) is 30.7 Å². The van der Waals surface area contributed by atoms with E-state index in [2.05, 4.69) is 4.98 Å². The van der Waals surface area contributed by atoms with E-state index in [0.717, 1.165) is 23.4 Å². The molecule has 1 saturated heterocycles. The van der Waals surface area contributed by atoms with Crippen molar-refractivity contribution >= 4 is 22.9 Å². The first-order chi connectivity index (χ1) is 10.8. The van der Waals surface area contributed by atoms with Crippen molar-refractivity contribution in [1.29, 1.82) is 0 Å². The fraction of sp³-hybridized carbons (Fsp3) is 0.294. The molecular weight excluding hydrogens is 297 g/mol. The minimum atomic E-state index is -0.243. The highest BCUT2D eigenvalue weighted by Crippen LogP contribution is 2.31. The van der Waals surface area contributed by atoms with Crippen LogP contribution in [0.5, 0.6) is 0 Å². The molecule has 0 radical (unpaired) electrons. The number of fused-ring (bicyclic) bond motifs is 1. The van der Waals surface area contributed by atoms with Crippen LogP contribution in [0.4, 0.5) is 4.39 Å². The predicted molar refractivity (Wildman–Crippen MR) is 88.0 cm³/mol. The molecule has 0 amide bonds. The van der Waals surface area contributed by atoms with Gasteiger partial charge in [0.2, 0.25) is 0 Å². The molecule has 1 fully saturated rings. The van der Waals surface area contributed by atoms with Gasteiger partial charge in [-0.15, -0.1) is 0 Å². The summed E-state index contributed by atoms with van der Waals surface area (Å²) in [5.41, 5.74) is 2.08. The van der Waals surface area contributed by atoms with Crippen LogP contribution >= 0.6 is 11.8 Å². The first kappa shape index (κ1) is 13.8. The fourth-order valence-corrected chi connectivity index (χ4v) is 4.26. The standard InChI is InChI=1S/C17H16FN3S/c18-13-6-1-2-8-15(13)21-16(11-12-5-4-10-22-12)20-14-7-3-9-19-17(14)21/h1-3,6-9,12H,4-5,10-11H2. The number of rotatable bonds is 3. The van der Waals surface area contributed by atoms with Crippen LogP contribution in [0.3, 0.4) is 0 Å². The molecule has 1 aromatic carbocycles. The van der Waals surface area contributed by atoms with Gasteiger partial charge in [0.15, 0.2) is 5.65 Å². The van der Waals surface area contributed by atoms with Crippen LogP contribution in [0.25, 0.3) is 16.9 Å². The van der Waals surface area contributed by atoms with Gasteiger partial charge in [0.1, 0.15) is 17.2 Å². The monoisotopic (exact) mass is 313 g/mol. The summed E-state index contributed by atoms with van der Waals surface area (Å²) in [4.78, 5) is 9.13. The van der Waals surface area contributed by atoms with Crippen molar-refractivity contribution in [2.75, 3.05) is 5.75 Å². The average Bonchev–Trinajstić information content (AvgIpc) is 3.16. The summed E-state index contributed by atoms with van der Waals surface area (Å²) in [6.07, 6.45) is 5.05. The van der Waals surface area contributed by atoms with E-state index in [-0.39, 0.29) is 5.82 Å². The third-order valence-electron chi connectivity index (χ3n) is 4.01. The summed E-state index contributed by atoms with van der Waals surface area (Å²) in [7, 11) is 0. The molecule has 0 saturated carbocycles. The molecule has 3 aromatic rings. The Morgan fingerprint density at radius 3 is 2.95 bits per heavy atom. The molecule has 5 heteroatoms. The van der Waals surface area contributed by atoms with Gasteiger partial charge in [0.05, 0.1) is 5.69 Å². The van der Waals surface area contributed by atoms with Crippen LogP contribution in [-0.2, 0) is 6.42 Å². The number of nitrogens with zero attached hydrogens (tertiary/aromatic N) is 3. The second-order valence-corrected chi connectivity index (χ2v) is 6.91. The maximum absolute atomic E-state index is 14.3. The number of imidazole rings is 1. The van der Waals surface area contributed by atoms with Gasteiger partial charge in [-0.3, -0.25) is 4.57 Å². The van der Waals surface area contributed by atoms with Crippen LogP contribution < -0.4 is 0 Å². The average molecular weight is 313 g/mol. The SMILES string of the molecule is Fc1ccccc1-n1c(CC2CCCS2)nc2cccnc21. The van der Waals surface area contributed by atoms with Gasteiger partial charge < -0.3 is 0 Å². The van der Waals surface area contributed by atoms with Gasteiger partial charge >= 0.3 is 0 Å². The highest BCUT2D eigenvalue weighted by molar-refractivity contribution is 8.00. The van der Waals surface area contributed by atoms with Crippen molar-refractivity contribution in [2.45, 2.75) is 24.5 Å². The Hall–Kier alpha value is -1.88. The number of aromatic nitrogens is 3. The molecule has 3 heterocycles. The Labute approximate surface area is 132 Å². The van der Waals surface area contributed by atoms with Gasteiger partial charge in [0.25, 0.3) is 0 Å². The van der Waals surface area contributed by atoms with Crippen LogP contribution in [0.1, 0.15) is 18.7 Å². The Bertz CT molecular complexity index is 809. The Morgan fingerprint density at radius 1 is 1.23 bits per heavy atom. The molecule has 112 valence electrons. The molecule has 3 nitrogen and oxygen atoms in total. The van der Waals surface area contributed by atoms with E-state index >= 15 is 0 Å². The number of halogens is 1. The molecule has 4 rings (SSSR count). The summed E-state index contributed by atoms with van der Waals surface area (Å²) >= 11 is 1.99. The molecule has 1 aliphatic rings. The highest BCUT2D eigenvalue weighted by Gasteiger charge is 2.22. The molecule has 1 unspecified atom stereocenters. The zero-order valence-corrected chi connectivity index (χ0v) is 12.9. The normalized spacial score (nSPS) is 18.1. The zero-order chi connectivity index (χ0) is 14.9. The van der Waals surface area contributed by atoms with Crippen molar-refractivity contribution in [3.63, 3.8) is 0 Å². The molecule has 2 aromatic heterocycles. The van der Waals surface area contributed by atoms with E-state index in [1.807, 2.05) is 34.5 Å². The Morgan fingerprint density at radius 2 is 2.14 bits per heavy atom. The maximum Gasteiger partial charge on any atom is 0.164 e. The third-order valence-corrected chi connectivity index (χ3v) is 5.41. The summed E-state index contributed by atoms with van der Waals surface area (Å²) in [5.74, 6) is 1.87. The molecule has 0 bridgehead atoms. The van der Waals surface area contributed by atoms with Gasteiger partial charge in [-0.1, -0.05) is 12.1 Å². The number of para-hydroxylation sites is 1. The minimum absolute atomic E-state index is 0.243. The van der Waals surface area contributed by atoms with E-state index in [4.69, 9.17) is 4.98 Å².